The van der Waals surface area contributed by atoms with Gasteiger partial charge in [-0.1, -0.05) is 0 Å². The summed E-state index contributed by atoms with van der Waals surface area (Å²) in [5.41, 5.74) is 0. The molecule has 1 aromatic rings. The molecular formula is C11H18N4. The molecule has 0 aromatic carbocycles. The molecule has 82 valence electrons. The maximum atomic E-state index is 4.27. The molecule has 0 atom stereocenters. The average molecular weight is 206 g/mol. The molecule has 0 amide bonds. The highest BCUT2D eigenvalue weighted by molar-refractivity contribution is 5.28. The summed E-state index contributed by atoms with van der Waals surface area (Å²) in [4.78, 5) is 13.1. The minimum atomic E-state index is 0.587. The van der Waals surface area contributed by atoms with Crippen LogP contribution in [0.15, 0.2) is 18.5 Å². The van der Waals surface area contributed by atoms with Crippen LogP contribution in [-0.4, -0.2) is 48.1 Å². The van der Waals surface area contributed by atoms with Crippen molar-refractivity contribution in [2.45, 2.75) is 18.9 Å². The third kappa shape index (κ3) is 2.45. The molecule has 1 saturated heterocycles. The predicted octanol–water partition coefficient (Wildman–Crippen LogP) is 1.01. The second kappa shape index (κ2) is 4.57. The average Bonchev–Trinajstić information content (AvgIpc) is 2.30. The Kier molecular flexibility index (Phi) is 3.16. The maximum absolute atomic E-state index is 4.27. The fourth-order valence-corrected chi connectivity index (χ4v) is 2.02. The van der Waals surface area contributed by atoms with Crippen molar-refractivity contribution in [2.24, 2.45) is 0 Å². The molecule has 2 rings (SSSR count). The summed E-state index contributed by atoms with van der Waals surface area (Å²) < 4.78 is 0. The summed E-state index contributed by atoms with van der Waals surface area (Å²) in [5, 5.41) is 0. The van der Waals surface area contributed by atoms with Crippen molar-refractivity contribution in [3.63, 3.8) is 0 Å². The monoisotopic (exact) mass is 206 g/mol. The third-order valence-electron chi connectivity index (χ3n) is 3.10. The molecule has 15 heavy (non-hydrogen) atoms. The number of likely N-dealkylation sites (tertiary alicyclic amines) is 1. The fourth-order valence-electron chi connectivity index (χ4n) is 2.02. The van der Waals surface area contributed by atoms with E-state index >= 15 is 0 Å². The Morgan fingerprint density at radius 2 is 1.87 bits per heavy atom. The van der Waals surface area contributed by atoms with E-state index in [0.717, 1.165) is 5.95 Å². The SMILES string of the molecule is CN1CCC(N(C)c2ncccn2)CC1. The molecule has 0 spiro atoms. The highest BCUT2D eigenvalue weighted by Gasteiger charge is 2.21. The zero-order chi connectivity index (χ0) is 10.7. The van der Waals surface area contributed by atoms with E-state index in [-0.39, 0.29) is 0 Å². The number of anilines is 1. The van der Waals surface area contributed by atoms with E-state index in [1.54, 1.807) is 12.4 Å². The smallest absolute Gasteiger partial charge is 0.225 e. The Labute approximate surface area is 90.9 Å². The van der Waals surface area contributed by atoms with E-state index < -0.39 is 0 Å². The first kappa shape index (κ1) is 10.4. The van der Waals surface area contributed by atoms with Crippen LogP contribution in [0.1, 0.15) is 12.8 Å². The summed E-state index contributed by atoms with van der Waals surface area (Å²) in [6, 6.07) is 2.44. The Hall–Kier alpha value is -1.16. The Morgan fingerprint density at radius 1 is 1.27 bits per heavy atom. The van der Waals surface area contributed by atoms with Crippen LogP contribution in [0.2, 0.25) is 0 Å². The third-order valence-corrected chi connectivity index (χ3v) is 3.10. The lowest BCUT2D eigenvalue weighted by atomic mass is 10.0. The van der Waals surface area contributed by atoms with Crippen molar-refractivity contribution in [3.05, 3.63) is 18.5 Å². The van der Waals surface area contributed by atoms with E-state index in [0.29, 0.717) is 6.04 Å². The minimum Gasteiger partial charge on any atom is -0.341 e. The van der Waals surface area contributed by atoms with Crippen molar-refractivity contribution < 1.29 is 0 Å². The van der Waals surface area contributed by atoms with Gasteiger partial charge in [0, 0.05) is 25.5 Å². The zero-order valence-corrected chi connectivity index (χ0v) is 9.43. The molecule has 1 aliphatic heterocycles. The second-order valence-electron chi connectivity index (χ2n) is 4.19. The lowest BCUT2D eigenvalue weighted by Crippen LogP contribution is -2.42. The van der Waals surface area contributed by atoms with Gasteiger partial charge in [0.05, 0.1) is 0 Å². The van der Waals surface area contributed by atoms with Crippen molar-refractivity contribution in [1.82, 2.24) is 14.9 Å². The van der Waals surface area contributed by atoms with Gasteiger partial charge in [0.1, 0.15) is 0 Å². The molecule has 1 aliphatic rings. The number of piperidine rings is 1. The van der Waals surface area contributed by atoms with Gasteiger partial charge in [-0.2, -0.15) is 0 Å². The fraction of sp³-hybridized carbons (Fsp3) is 0.636. The Balaban J connectivity index is 1.99. The van der Waals surface area contributed by atoms with E-state index in [9.17, 15) is 0 Å². The number of aromatic nitrogens is 2. The van der Waals surface area contributed by atoms with Crippen molar-refractivity contribution >= 4 is 5.95 Å². The van der Waals surface area contributed by atoms with Crippen LogP contribution < -0.4 is 4.90 Å². The normalized spacial score (nSPS) is 19.1. The van der Waals surface area contributed by atoms with Crippen LogP contribution in [-0.2, 0) is 0 Å². The highest BCUT2D eigenvalue weighted by Crippen LogP contribution is 2.17. The van der Waals surface area contributed by atoms with E-state index in [4.69, 9.17) is 0 Å². The van der Waals surface area contributed by atoms with Crippen molar-refractivity contribution in [2.75, 3.05) is 32.1 Å². The lowest BCUT2D eigenvalue weighted by Gasteiger charge is -2.34. The first-order valence-corrected chi connectivity index (χ1v) is 5.46. The molecule has 0 saturated carbocycles. The quantitative estimate of drug-likeness (QED) is 0.723. The standard InChI is InChI=1S/C11H18N4/c1-14-8-4-10(5-9-14)15(2)11-12-6-3-7-13-11/h3,6-7,10H,4-5,8-9H2,1-2H3. The van der Waals surface area contributed by atoms with Crippen LogP contribution in [0.5, 0.6) is 0 Å². The highest BCUT2D eigenvalue weighted by atomic mass is 15.3. The minimum absolute atomic E-state index is 0.587. The first-order valence-electron chi connectivity index (χ1n) is 5.46. The summed E-state index contributed by atoms with van der Waals surface area (Å²) in [6.07, 6.45) is 6.00. The van der Waals surface area contributed by atoms with Crippen molar-refractivity contribution in [1.29, 1.82) is 0 Å². The van der Waals surface area contributed by atoms with Gasteiger partial charge in [-0.3, -0.25) is 0 Å². The molecule has 0 unspecified atom stereocenters. The second-order valence-corrected chi connectivity index (χ2v) is 4.19. The number of rotatable bonds is 2. The Morgan fingerprint density at radius 3 is 2.47 bits per heavy atom. The molecule has 0 radical (unpaired) electrons. The number of nitrogens with zero attached hydrogens (tertiary/aromatic N) is 4. The molecule has 0 bridgehead atoms. The molecule has 4 heteroatoms. The zero-order valence-electron chi connectivity index (χ0n) is 9.43. The van der Waals surface area contributed by atoms with Crippen LogP contribution in [0, 0.1) is 0 Å². The molecular weight excluding hydrogens is 188 g/mol. The molecule has 0 N–H and O–H groups in total. The van der Waals surface area contributed by atoms with Crippen LogP contribution in [0.25, 0.3) is 0 Å². The summed E-state index contributed by atoms with van der Waals surface area (Å²) >= 11 is 0. The topological polar surface area (TPSA) is 32.3 Å². The largest absolute Gasteiger partial charge is 0.341 e. The number of hydrogen-bond acceptors (Lipinski definition) is 4. The lowest BCUT2D eigenvalue weighted by molar-refractivity contribution is 0.252. The molecule has 2 heterocycles. The van der Waals surface area contributed by atoms with Gasteiger partial charge < -0.3 is 9.80 Å². The van der Waals surface area contributed by atoms with E-state index in [2.05, 4.69) is 33.9 Å². The Bertz CT molecular complexity index is 293. The number of hydrogen-bond donors (Lipinski definition) is 0. The summed E-state index contributed by atoms with van der Waals surface area (Å²) in [7, 11) is 4.26. The van der Waals surface area contributed by atoms with Gasteiger partial charge >= 0.3 is 0 Å². The predicted molar refractivity (Wildman–Crippen MR) is 61.0 cm³/mol. The van der Waals surface area contributed by atoms with E-state index in [1.165, 1.54) is 25.9 Å². The van der Waals surface area contributed by atoms with Gasteiger partial charge in [0.25, 0.3) is 0 Å². The van der Waals surface area contributed by atoms with E-state index in [1.807, 2.05) is 6.07 Å². The van der Waals surface area contributed by atoms with Gasteiger partial charge in [-0.15, -0.1) is 0 Å². The maximum Gasteiger partial charge on any atom is 0.225 e. The molecule has 0 aliphatic carbocycles. The first-order chi connectivity index (χ1) is 7.27. The van der Waals surface area contributed by atoms with Crippen molar-refractivity contribution in [3.8, 4) is 0 Å². The summed E-state index contributed by atoms with van der Waals surface area (Å²) in [5.74, 6) is 0.840. The molecule has 4 nitrogen and oxygen atoms in total. The van der Waals surface area contributed by atoms with Crippen LogP contribution in [0.4, 0.5) is 5.95 Å². The molecule has 1 fully saturated rings. The van der Waals surface area contributed by atoms with Gasteiger partial charge in [0.15, 0.2) is 0 Å². The van der Waals surface area contributed by atoms with Gasteiger partial charge in [-0.05, 0) is 39.0 Å². The van der Waals surface area contributed by atoms with Crippen LogP contribution in [0.3, 0.4) is 0 Å². The van der Waals surface area contributed by atoms with Gasteiger partial charge in [-0.25, -0.2) is 9.97 Å². The van der Waals surface area contributed by atoms with Crippen LogP contribution >= 0.6 is 0 Å². The molecule has 1 aromatic heterocycles. The summed E-state index contributed by atoms with van der Waals surface area (Å²) in [6.45, 7) is 2.34. The van der Waals surface area contributed by atoms with Gasteiger partial charge in [0.2, 0.25) is 5.95 Å².